The number of hydrogen-bond acceptors (Lipinski definition) is 3. The fourth-order valence-corrected chi connectivity index (χ4v) is 2.27. The monoisotopic (exact) mass is 272 g/mol. The Bertz CT molecular complexity index is 686. The lowest BCUT2D eigenvalue weighted by Crippen LogP contribution is -2.14. The molecule has 104 valence electrons. The zero-order chi connectivity index (χ0) is 14.9. The second kappa shape index (κ2) is 5.21. The summed E-state index contributed by atoms with van der Waals surface area (Å²) < 4.78 is 0. The zero-order valence-corrected chi connectivity index (χ0v) is 11.6. The van der Waals surface area contributed by atoms with Crippen LogP contribution in [0.4, 0.5) is 5.69 Å². The van der Waals surface area contributed by atoms with Crippen LogP contribution in [0.5, 0.6) is 5.75 Å². The van der Waals surface area contributed by atoms with Crippen LogP contribution in [-0.2, 0) is 0 Å². The first-order chi connectivity index (χ1) is 9.41. The van der Waals surface area contributed by atoms with Crippen LogP contribution >= 0.6 is 0 Å². The Morgan fingerprint density at radius 2 is 1.85 bits per heavy atom. The molecule has 1 amide bonds. The predicted molar refractivity (Wildman–Crippen MR) is 76.3 cm³/mol. The van der Waals surface area contributed by atoms with E-state index in [1.54, 1.807) is 32.0 Å². The quantitative estimate of drug-likeness (QED) is 0.593. The van der Waals surface area contributed by atoms with E-state index in [1.807, 2.05) is 0 Å². The molecule has 0 aliphatic heterocycles. The third kappa shape index (κ3) is 2.42. The number of carbonyl (C=O) groups excluding carboxylic acids is 2. The second-order valence-corrected chi connectivity index (χ2v) is 4.65. The molecule has 0 aliphatic carbocycles. The third-order valence-corrected chi connectivity index (χ3v) is 3.17. The minimum atomic E-state index is -0.389. The van der Waals surface area contributed by atoms with E-state index in [0.29, 0.717) is 28.2 Å². The molecule has 3 N–H and O–H groups in total. The number of anilines is 1. The molecule has 0 unspecified atom stereocenters. The molecule has 20 heavy (non-hydrogen) atoms. The summed E-state index contributed by atoms with van der Waals surface area (Å²) in [6.07, 6.45) is 0. The number of ketones is 1. The molecule has 1 heterocycles. The lowest BCUT2D eigenvalue weighted by Gasteiger charge is -2.06. The largest absolute Gasteiger partial charge is 0.506 e. The number of hydrogen-bond donors (Lipinski definition) is 3. The number of carbonyl (C=O) groups is 2. The Morgan fingerprint density at radius 1 is 1.20 bits per heavy atom. The van der Waals surface area contributed by atoms with Crippen LogP contribution in [0.1, 0.15) is 39.0 Å². The molecule has 5 nitrogen and oxygen atoms in total. The molecule has 2 aromatic rings. The van der Waals surface area contributed by atoms with Crippen LogP contribution in [0.15, 0.2) is 24.3 Å². The highest BCUT2D eigenvalue weighted by Gasteiger charge is 2.20. The van der Waals surface area contributed by atoms with Gasteiger partial charge < -0.3 is 15.4 Å². The number of rotatable bonds is 3. The fraction of sp³-hybridized carbons (Fsp3) is 0.200. The smallest absolute Gasteiger partial charge is 0.272 e. The zero-order valence-electron chi connectivity index (χ0n) is 11.6. The van der Waals surface area contributed by atoms with Crippen LogP contribution in [-0.4, -0.2) is 21.8 Å². The lowest BCUT2D eigenvalue weighted by molar-refractivity contribution is 0.101. The summed E-state index contributed by atoms with van der Waals surface area (Å²) in [4.78, 5) is 26.7. The Kier molecular flexibility index (Phi) is 3.61. The average Bonchev–Trinajstić information content (AvgIpc) is 2.67. The van der Waals surface area contributed by atoms with E-state index < -0.39 is 0 Å². The van der Waals surface area contributed by atoms with E-state index in [1.165, 1.54) is 13.0 Å². The predicted octanol–water partition coefficient (Wildman–Crippen LogP) is 2.79. The number of phenols is 1. The van der Waals surface area contributed by atoms with Crippen molar-refractivity contribution in [1.29, 1.82) is 0 Å². The minimum absolute atomic E-state index is 0.00595. The third-order valence-electron chi connectivity index (χ3n) is 3.17. The Hall–Kier alpha value is -2.56. The molecule has 2 rings (SSSR count). The molecule has 0 bridgehead atoms. The van der Waals surface area contributed by atoms with Gasteiger partial charge >= 0.3 is 0 Å². The van der Waals surface area contributed by atoms with Crippen molar-refractivity contribution in [1.82, 2.24) is 4.98 Å². The number of amides is 1. The Balaban J connectivity index is 2.34. The summed E-state index contributed by atoms with van der Waals surface area (Å²) in [6.45, 7) is 4.94. The first-order valence-corrected chi connectivity index (χ1v) is 6.21. The summed E-state index contributed by atoms with van der Waals surface area (Å²) in [5, 5.41) is 12.3. The van der Waals surface area contributed by atoms with Gasteiger partial charge in [0, 0.05) is 11.3 Å². The van der Waals surface area contributed by atoms with Crippen LogP contribution in [0.3, 0.4) is 0 Å². The number of aromatic amines is 1. The van der Waals surface area contributed by atoms with Crippen LogP contribution in [0, 0.1) is 13.8 Å². The van der Waals surface area contributed by atoms with Crippen molar-refractivity contribution in [2.45, 2.75) is 20.8 Å². The van der Waals surface area contributed by atoms with Crippen LogP contribution in [0.25, 0.3) is 0 Å². The first kappa shape index (κ1) is 13.9. The number of aromatic nitrogens is 1. The number of para-hydroxylation sites is 2. The Labute approximate surface area is 116 Å². The number of aromatic hydroxyl groups is 1. The highest BCUT2D eigenvalue weighted by atomic mass is 16.3. The second-order valence-electron chi connectivity index (χ2n) is 4.65. The van der Waals surface area contributed by atoms with E-state index in [-0.39, 0.29) is 17.4 Å². The van der Waals surface area contributed by atoms with Gasteiger partial charge in [-0.05, 0) is 38.5 Å². The first-order valence-electron chi connectivity index (χ1n) is 6.21. The molecule has 0 atom stereocenters. The highest BCUT2D eigenvalue weighted by molar-refractivity contribution is 6.08. The van der Waals surface area contributed by atoms with Gasteiger partial charge in [-0.3, -0.25) is 9.59 Å². The molecule has 0 saturated carbocycles. The van der Waals surface area contributed by atoms with Crippen LogP contribution in [0.2, 0.25) is 0 Å². The minimum Gasteiger partial charge on any atom is -0.506 e. The standard InChI is InChI=1S/C15H16N2O3/c1-8-13(10(3)18)9(2)16-14(8)15(20)17-11-6-4-5-7-12(11)19/h4-7,16,19H,1-3H3,(H,17,20). The van der Waals surface area contributed by atoms with Crippen LogP contribution < -0.4 is 5.32 Å². The molecule has 0 spiro atoms. The van der Waals surface area contributed by atoms with Crippen molar-refractivity contribution in [2.24, 2.45) is 0 Å². The molecule has 5 heteroatoms. The van der Waals surface area contributed by atoms with Crippen molar-refractivity contribution in [2.75, 3.05) is 5.32 Å². The molecule has 0 aliphatic rings. The normalized spacial score (nSPS) is 10.3. The molecule has 1 aromatic carbocycles. The van der Waals surface area contributed by atoms with Crippen molar-refractivity contribution in [3.8, 4) is 5.75 Å². The maximum absolute atomic E-state index is 12.2. The molecular formula is C15H16N2O3. The van der Waals surface area contributed by atoms with Gasteiger partial charge in [0.2, 0.25) is 0 Å². The number of Topliss-reactive ketones (excluding diaryl/α,β-unsaturated/α-hetero) is 1. The van der Waals surface area contributed by atoms with Gasteiger partial charge in [-0.25, -0.2) is 0 Å². The van der Waals surface area contributed by atoms with E-state index in [0.717, 1.165) is 0 Å². The van der Waals surface area contributed by atoms with E-state index in [2.05, 4.69) is 10.3 Å². The maximum atomic E-state index is 12.2. The average molecular weight is 272 g/mol. The number of nitrogens with one attached hydrogen (secondary N) is 2. The number of phenolic OH excluding ortho intramolecular Hbond substituents is 1. The molecule has 0 saturated heterocycles. The summed E-state index contributed by atoms with van der Waals surface area (Å²) in [5.41, 5.74) is 2.47. The van der Waals surface area contributed by atoms with Gasteiger partial charge in [0.05, 0.1) is 5.69 Å². The summed E-state index contributed by atoms with van der Waals surface area (Å²) in [5.74, 6) is -0.481. The Morgan fingerprint density at radius 3 is 2.40 bits per heavy atom. The van der Waals surface area contributed by atoms with Crippen molar-refractivity contribution < 1.29 is 14.7 Å². The van der Waals surface area contributed by atoms with Crippen molar-refractivity contribution >= 4 is 17.4 Å². The summed E-state index contributed by atoms with van der Waals surface area (Å²) in [7, 11) is 0. The van der Waals surface area contributed by atoms with Gasteiger partial charge in [0.15, 0.2) is 5.78 Å². The SMILES string of the molecule is CC(=O)c1c(C)[nH]c(C(=O)Nc2ccccc2O)c1C. The number of H-pyrrole nitrogens is 1. The molecule has 0 radical (unpaired) electrons. The van der Waals surface area contributed by atoms with Gasteiger partial charge in [-0.2, -0.15) is 0 Å². The molecular weight excluding hydrogens is 256 g/mol. The number of aryl methyl sites for hydroxylation is 1. The maximum Gasteiger partial charge on any atom is 0.272 e. The summed E-state index contributed by atoms with van der Waals surface area (Å²) in [6, 6.07) is 6.47. The highest BCUT2D eigenvalue weighted by Crippen LogP contribution is 2.24. The molecule has 0 fully saturated rings. The van der Waals surface area contributed by atoms with E-state index >= 15 is 0 Å². The van der Waals surface area contributed by atoms with E-state index in [4.69, 9.17) is 0 Å². The van der Waals surface area contributed by atoms with Gasteiger partial charge in [0.25, 0.3) is 5.91 Å². The number of benzene rings is 1. The van der Waals surface area contributed by atoms with E-state index in [9.17, 15) is 14.7 Å². The van der Waals surface area contributed by atoms with Gasteiger partial charge in [-0.15, -0.1) is 0 Å². The van der Waals surface area contributed by atoms with Crippen molar-refractivity contribution in [3.63, 3.8) is 0 Å². The molecule has 1 aromatic heterocycles. The lowest BCUT2D eigenvalue weighted by atomic mass is 10.1. The van der Waals surface area contributed by atoms with Gasteiger partial charge in [0.1, 0.15) is 11.4 Å². The summed E-state index contributed by atoms with van der Waals surface area (Å²) >= 11 is 0. The van der Waals surface area contributed by atoms with Gasteiger partial charge in [-0.1, -0.05) is 12.1 Å². The topological polar surface area (TPSA) is 82.2 Å². The van der Waals surface area contributed by atoms with Crippen molar-refractivity contribution in [3.05, 3.63) is 46.8 Å². The fourth-order valence-electron chi connectivity index (χ4n) is 2.27.